The second-order valence-electron chi connectivity index (χ2n) is 7.39. The van der Waals surface area contributed by atoms with Crippen molar-refractivity contribution in [1.82, 2.24) is 4.90 Å². The van der Waals surface area contributed by atoms with E-state index in [0.717, 1.165) is 15.4 Å². The van der Waals surface area contributed by atoms with Gasteiger partial charge in [0, 0.05) is 12.1 Å². The number of nitrogen functional groups attached to an aromatic ring is 1. The molecule has 0 unspecified atom stereocenters. The van der Waals surface area contributed by atoms with Crippen molar-refractivity contribution in [1.29, 1.82) is 5.41 Å². The molecule has 0 fully saturated rings. The van der Waals surface area contributed by atoms with E-state index in [2.05, 4.69) is 0 Å². The Balaban J connectivity index is 1.88. The largest absolute Gasteiger partial charge is 0.489 e. The Labute approximate surface area is 189 Å². The summed E-state index contributed by atoms with van der Waals surface area (Å²) in [6, 6.07) is 11.4. The van der Waals surface area contributed by atoms with Gasteiger partial charge in [0.05, 0.1) is 17.7 Å². The topological polar surface area (TPSA) is 180 Å². The van der Waals surface area contributed by atoms with E-state index < -0.39 is 30.2 Å². The standard InChI is InChI=1S/C22H23N5O6/c23-18(28)10-27-17-6-5-15(33-12-13-1-3-14(4-2-13)21(24)25)9-16(17)22(32)26(11-19(27)29)8-7-20(30)31/h1-6,9H,7-8,10-12H2,(H2,23,28)(H3,24,25)(H,30,31). The Hall–Kier alpha value is -4.41. The maximum atomic E-state index is 13.1. The molecule has 2 aromatic rings. The highest BCUT2D eigenvalue weighted by molar-refractivity contribution is 6.11. The molecule has 0 radical (unpaired) electrons. The molecular weight excluding hydrogens is 430 g/mol. The van der Waals surface area contributed by atoms with Gasteiger partial charge in [-0.3, -0.25) is 24.6 Å². The minimum Gasteiger partial charge on any atom is -0.489 e. The first-order chi connectivity index (χ1) is 15.7. The number of nitrogens with one attached hydrogen (secondary N) is 1. The first-order valence-corrected chi connectivity index (χ1v) is 9.95. The molecule has 0 saturated carbocycles. The number of hydrogen-bond donors (Lipinski definition) is 4. The van der Waals surface area contributed by atoms with Crippen LogP contribution in [0.2, 0.25) is 0 Å². The van der Waals surface area contributed by atoms with Gasteiger partial charge in [-0.1, -0.05) is 24.3 Å². The van der Waals surface area contributed by atoms with Crippen molar-refractivity contribution in [3.05, 3.63) is 59.2 Å². The molecule has 33 heavy (non-hydrogen) atoms. The van der Waals surface area contributed by atoms with Crippen LogP contribution in [-0.4, -0.2) is 59.2 Å². The molecule has 1 heterocycles. The van der Waals surface area contributed by atoms with Crippen LogP contribution in [0.25, 0.3) is 0 Å². The number of benzene rings is 2. The van der Waals surface area contributed by atoms with Crippen LogP contribution in [0, 0.1) is 5.41 Å². The Bertz CT molecular complexity index is 1110. The number of ether oxygens (including phenoxy) is 1. The summed E-state index contributed by atoms with van der Waals surface area (Å²) in [7, 11) is 0. The zero-order chi connectivity index (χ0) is 24.1. The van der Waals surface area contributed by atoms with Gasteiger partial charge in [-0.25, -0.2) is 0 Å². The highest BCUT2D eigenvalue weighted by Crippen LogP contribution is 2.30. The van der Waals surface area contributed by atoms with Gasteiger partial charge < -0.3 is 31.1 Å². The van der Waals surface area contributed by atoms with Gasteiger partial charge in [-0.2, -0.15) is 0 Å². The lowest BCUT2D eigenvalue weighted by molar-refractivity contribution is -0.137. The molecular formula is C22H23N5O6. The summed E-state index contributed by atoms with van der Waals surface area (Å²) in [6.07, 6.45) is -0.337. The van der Waals surface area contributed by atoms with Gasteiger partial charge in [0.2, 0.25) is 11.8 Å². The van der Waals surface area contributed by atoms with E-state index in [1.807, 2.05) is 0 Å². The number of amidine groups is 1. The fraction of sp³-hybridized carbons (Fsp3) is 0.227. The number of rotatable bonds is 9. The Morgan fingerprint density at radius 2 is 1.79 bits per heavy atom. The zero-order valence-corrected chi connectivity index (χ0v) is 17.6. The van der Waals surface area contributed by atoms with E-state index in [0.29, 0.717) is 11.3 Å². The molecule has 0 saturated heterocycles. The highest BCUT2D eigenvalue weighted by atomic mass is 16.5. The maximum Gasteiger partial charge on any atom is 0.305 e. The van der Waals surface area contributed by atoms with E-state index in [1.165, 1.54) is 12.1 Å². The number of aliphatic carboxylic acids is 1. The Morgan fingerprint density at radius 1 is 1.09 bits per heavy atom. The fourth-order valence-electron chi connectivity index (χ4n) is 3.32. The number of carboxylic acid groups (broad SMARTS) is 1. The minimum atomic E-state index is -1.11. The SMILES string of the molecule is N=C(N)c1ccc(COc2ccc3c(c2)C(=O)N(CCC(=O)O)CC(=O)N3CC(N)=O)cc1. The van der Waals surface area contributed by atoms with E-state index >= 15 is 0 Å². The molecule has 1 aliphatic heterocycles. The summed E-state index contributed by atoms with van der Waals surface area (Å²) in [5, 5.41) is 16.4. The van der Waals surface area contributed by atoms with Crippen LogP contribution in [0.15, 0.2) is 42.5 Å². The van der Waals surface area contributed by atoms with Gasteiger partial charge in [0.15, 0.2) is 0 Å². The van der Waals surface area contributed by atoms with Gasteiger partial charge in [0.1, 0.15) is 31.3 Å². The number of carboxylic acids is 1. The first kappa shape index (κ1) is 23.3. The molecule has 0 spiro atoms. The summed E-state index contributed by atoms with van der Waals surface area (Å²) in [6.45, 7) is -0.809. The maximum absolute atomic E-state index is 13.1. The fourth-order valence-corrected chi connectivity index (χ4v) is 3.32. The van der Waals surface area contributed by atoms with Crippen LogP contribution in [0.1, 0.15) is 27.9 Å². The van der Waals surface area contributed by atoms with Crippen molar-refractivity contribution < 1.29 is 29.0 Å². The molecule has 0 bridgehead atoms. The number of carbonyl (C=O) groups is 4. The van der Waals surface area contributed by atoms with Crippen molar-refractivity contribution in [3.8, 4) is 5.75 Å². The summed E-state index contributed by atoms with van der Waals surface area (Å²) in [4.78, 5) is 50.5. The number of nitrogens with zero attached hydrogens (tertiary/aromatic N) is 2. The van der Waals surface area contributed by atoms with Crippen LogP contribution in [0.4, 0.5) is 5.69 Å². The van der Waals surface area contributed by atoms with Gasteiger partial charge in [-0.05, 0) is 23.8 Å². The van der Waals surface area contributed by atoms with Crippen molar-refractivity contribution in [2.45, 2.75) is 13.0 Å². The number of anilines is 1. The van der Waals surface area contributed by atoms with Crippen LogP contribution in [0.3, 0.4) is 0 Å². The third-order valence-electron chi connectivity index (χ3n) is 4.98. The molecule has 3 rings (SSSR count). The molecule has 6 N–H and O–H groups in total. The molecule has 0 aromatic heterocycles. The zero-order valence-electron chi connectivity index (χ0n) is 17.6. The van der Waals surface area contributed by atoms with Crippen LogP contribution < -0.4 is 21.1 Å². The number of carbonyl (C=O) groups excluding carboxylic acids is 3. The Morgan fingerprint density at radius 3 is 2.39 bits per heavy atom. The van der Waals surface area contributed by atoms with Gasteiger partial charge in [-0.15, -0.1) is 0 Å². The predicted molar refractivity (Wildman–Crippen MR) is 118 cm³/mol. The van der Waals surface area contributed by atoms with Crippen LogP contribution >= 0.6 is 0 Å². The number of primary amides is 1. The number of hydrogen-bond acceptors (Lipinski definition) is 6. The average molecular weight is 453 g/mol. The molecule has 172 valence electrons. The summed E-state index contributed by atoms with van der Waals surface area (Å²) >= 11 is 0. The number of amides is 3. The normalized spacial score (nSPS) is 13.3. The predicted octanol–water partition coefficient (Wildman–Crippen LogP) is 0.298. The minimum absolute atomic E-state index is 0.0470. The average Bonchev–Trinajstić information content (AvgIpc) is 2.86. The third kappa shape index (κ3) is 5.64. The highest BCUT2D eigenvalue weighted by Gasteiger charge is 2.32. The smallest absolute Gasteiger partial charge is 0.305 e. The summed E-state index contributed by atoms with van der Waals surface area (Å²) < 4.78 is 5.78. The molecule has 0 atom stereocenters. The number of nitrogens with two attached hydrogens (primary N) is 2. The molecule has 1 aliphatic rings. The van der Waals surface area contributed by atoms with E-state index in [-0.39, 0.29) is 43.2 Å². The molecule has 3 amide bonds. The van der Waals surface area contributed by atoms with E-state index in [1.54, 1.807) is 30.3 Å². The van der Waals surface area contributed by atoms with Gasteiger partial charge in [0.25, 0.3) is 5.91 Å². The van der Waals surface area contributed by atoms with Crippen molar-refractivity contribution in [3.63, 3.8) is 0 Å². The second kappa shape index (κ2) is 9.81. The lowest BCUT2D eigenvalue weighted by Gasteiger charge is -2.21. The van der Waals surface area contributed by atoms with Crippen molar-refractivity contribution >= 4 is 35.2 Å². The number of fused-ring (bicyclic) bond motifs is 1. The molecule has 11 nitrogen and oxygen atoms in total. The summed E-state index contributed by atoms with van der Waals surface area (Å²) in [5.41, 5.74) is 12.4. The molecule has 0 aliphatic carbocycles. The molecule has 2 aromatic carbocycles. The van der Waals surface area contributed by atoms with Crippen LogP contribution in [0.5, 0.6) is 5.75 Å². The second-order valence-corrected chi connectivity index (χ2v) is 7.39. The summed E-state index contributed by atoms with van der Waals surface area (Å²) in [5.74, 6) is -2.68. The van der Waals surface area contributed by atoms with Crippen molar-refractivity contribution in [2.24, 2.45) is 11.5 Å². The van der Waals surface area contributed by atoms with Crippen LogP contribution in [-0.2, 0) is 21.0 Å². The quantitative estimate of drug-likeness (QED) is 0.311. The van der Waals surface area contributed by atoms with Gasteiger partial charge >= 0.3 is 5.97 Å². The van der Waals surface area contributed by atoms with E-state index in [4.69, 9.17) is 26.7 Å². The molecule has 11 heteroatoms. The van der Waals surface area contributed by atoms with E-state index in [9.17, 15) is 19.2 Å². The third-order valence-corrected chi connectivity index (χ3v) is 4.98. The lowest BCUT2D eigenvalue weighted by atomic mass is 10.1. The van der Waals surface area contributed by atoms with Crippen molar-refractivity contribution in [2.75, 3.05) is 24.5 Å². The Kier molecular flexibility index (Phi) is 6.91. The lowest BCUT2D eigenvalue weighted by Crippen LogP contribution is -2.43. The first-order valence-electron chi connectivity index (χ1n) is 9.95. The monoisotopic (exact) mass is 453 g/mol.